The van der Waals surface area contributed by atoms with Crippen LogP contribution in [-0.2, 0) is 9.53 Å². The zero-order valence-electron chi connectivity index (χ0n) is 9.58. The molecule has 2 aliphatic rings. The van der Waals surface area contributed by atoms with E-state index in [0.29, 0.717) is 13.2 Å². The lowest BCUT2D eigenvalue weighted by Gasteiger charge is -2.43. The SMILES string of the molecule is CC1(C)COCCN1C(=O)[C@H]1CCCN1. The van der Waals surface area contributed by atoms with Crippen molar-refractivity contribution >= 4 is 5.91 Å². The first-order chi connectivity index (χ1) is 7.11. The van der Waals surface area contributed by atoms with Gasteiger partial charge >= 0.3 is 0 Å². The number of hydrogen-bond donors (Lipinski definition) is 1. The summed E-state index contributed by atoms with van der Waals surface area (Å²) in [7, 11) is 0. The molecule has 1 atom stereocenters. The minimum absolute atomic E-state index is 0.0439. The Morgan fingerprint density at radius 2 is 2.33 bits per heavy atom. The zero-order valence-corrected chi connectivity index (χ0v) is 9.58. The molecule has 4 nitrogen and oxygen atoms in total. The molecule has 0 aromatic rings. The van der Waals surface area contributed by atoms with Gasteiger partial charge in [0, 0.05) is 6.54 Å². The van der Waals surface area contributed by atoms with E-state index < -0.39 is 0 Å². The summed E-state index contributed by atoms with van der Waals surface area (Å²) in [6.07, 6.45) is 2.09. The van der Waals surface area contributed by atoms with Crippen LogP contribution in [0, 0.1) is 0 Å². The molecule has 86 valence electrons. The third-order valence-electron chi connectivity index (χ3n) is 3.27. The quantitative estimate of drug-likeness (QED) is 0.683. The van der Waals surface area contributed by atoms with Crippen LogP contribution in [0.15, 0.2) is 0 Å². The molecule has 2 fully saturated rings. The summed E-state index contributed by atoms with van der Waals surface area (Å²) in [5.74, 6) is 0.251. The summed E-state index contributed by atoms with van der Waals surface area (Å²) in [5.41, 5.74) is -0.153. The number of rotatable bonds is 1. The van der Waals surface area contributed by atoms with Crippen molar-refractivity contribution in [1.82, 2.24) is 10.2 Å². The van der Waals surface area contributed by atoms with Crippen molar-refractivity contribution in [2.45, 2.75) is 38.3 Å². The van der Waals surface area contributed by atoms with Crippen molar-refractivity contribution in [2.24, 2.45) is 0 Å². The van der Waals surface area contributed by atoms with Crippen molar-refractivity contribution < 1.29 is 9.53 Å². The number of carbonyl (C=O) groups is 1. The predicted octanol–water partition coefficient (Wildman–Crippen LogP) is 0.376. The maximum absolute atomic E-state index is 12.2. The standard InChI is InChI=1S/C11H20N2O2/c1-11(2)8-15-7-6-13(11)10(14)9-4-3-5-12-9/h9,12H,3-8H2,1-2H3/t9-/m1/s1. The molecule has 0 spiro atoms. The van der Waals surface area contributed by atoms with E-state index in [2.05, 4.69) is 19.2 Å². The summed E-state index contributed by atoms with van der Waals surface area (Å²) in [6, 6.07) is 0.0439. The van der Waals surface area contributed by atoms with Gasteiger partial charge in [-0.05, 0) is 33.2 Å². The second kappa shape index (κ2) is 4.10. The lowest BCUT2D eigenvalue weighted by atomic mass is 10.0. The molecule has 0 aromatic carbocycles. The molecule has 0 unspecified atom stereocenters. The fourth-order valence-corrected chi connectivity index (χ4v) is 2.35. The highest BCUT2D eigenvalue weighted by molar-refractivity contribution is 5.83. The molecule has 2 rings (SSSR count). The van der Waals surface area contributed by atoms with E-state index in [-0.39, 0.29) is 17.5 Å². The Bertz CT molecular complexity index is 247. The van der Waals surface area contributed by atoms with E-state index in [1.54, 1.807) is 0 Å². The van der Waals surface area contributed by atoms with Gasteiger partial charge in [0.2, 0.25) is 5.91 Å². The van der Waals surface area contributed by atoms with Gasteiger partial charge in [0.1, 0.15) is 0 Å². The second-order valence-electron chi connectivity index (χ2n) is 5.00. The molecule has 2 heterocycles. The summed E-state index contributed by atoms with van der Waals surface area (Å²) in [6.45, 7) is 7.15. The van der Waals surface area contributed by atoms with Crippen LogP contribution in [0.25, 0.3) is 0 Å². The Morgan fingerprint density at radius 1 is 1.53 bits per heavy atom. The van der Waals surface area contributed by atoms with Gasteiger partial charge in [-0.15, -0.1) is 0 Å². The van der Waals surface area contributed by atoms with Crippen molar-refractivity contribution in [3.05, 3.63) is 0 Å². The molecule has 15 heavy (non-hydrogen) atoms. The number of amides is 1. The number of ether oxygens (including phenoxy) is 1. The number of nitrogens with zero attached hydrogens (tertiary/aromatic N) is 1. The van der Waals surface area contributed by atoms with Crippen LogP contribution in [0.4, 0.5) is 0 Å². The average Bonchev–Trinajstić information content (AvgIpc) is 2.69. The van der Waals surface area contributed by atoms with Gasteiger partial charge < -0.3 is 15.0 Å². The molecular weight excluding hydrogens is 192 g/mol. The highest BCUT2D eigenvalue weighted by Gasteiger charge is 2.37. The highest BCUT2D eigenvalue weighted by Crippen LogP contribution is 2.21. The molecule has 2 saturated heterocycles. The molecule has 0 aliphatic carbocycles. The smallest absolute Gasteiger partial charge is 0.240 e. The fourth-order valence-electron chi connectivity index (χ4n) is 2.35. The van der Waals surface area contributed by atoms with E-state index in [4.69, 9.17) is 4.74 Å². The summed E-state index contributed by atoms with van der Waals surface area (Å²) in [5, 5.41) is 3.26. The number of hydrogen-bond acceptors (Lipinski definition) is 3. The average molecular weight is 212 g/mol. The number of carbonyl (C=O) groups excluding carboxylic acids is 1. The first-order valence-electron chi connectivity index (χ1n) is 5.74. The fraction of sp³-hybridized carbons (Fsp3) is 0.909. The molecule has 0 bridgehead atoms. The molecule has 0 aromatic heterocycles. The van der Waals surface area contributed by atoms with Crippen molar-refractivity contribution in [3.63, 3.8) is 0 Å². The first-order valence-corrected chi connectivity index (χ1v) is 5.74. The topological polar surface area (TPSA) is 41.6 Å². The Hall–Kier alpha value is -0.610. The van der Waals surface area contributed by atoms with E-state index in [1.807, 2.05) is 4.90 Å². The maximum Gasteiger partial charge on any atom is 0.240 e. The molecule has 1 amide bonds. The number of nitrogens with one attached hydrogen (secondary N) is 1. The van der Waals surface area contributed by atoms with Gasteiger partial charge in [0.15, 0.2) is 0 Å². The van der Waals surface area contributed by atoms with Gasteiger partial charge in [0.25, 0.3) is 0 Å². The van der Waals surface area contributed by atoms with Crippen molar-refractivity contribution in [3.8, 4) is 0 Å². The van der Waals surface area contributed by atoms with Crippen LogP contribution >= 0.6 is 0 Å². The minimum Gasteiger partial charge on any atom is -0.377 e. The third kappa shape index (κ3) is 2.16. The molecule has 2 aliphatic heterocycles. The summed E-state index contributed by atoms with van der Waals surface area (Å²) < 4.78 is 5.41. The van der Waals surface area contributed by atoms with Crippen LogP contribution < -0.4 is 5.32 Å². The number of morpholine rings is 1. The largest absolute Gasteiger partial charge is 0.377 e. The highest BCUT2D eigenvalue weighted by atomic mass is 16.5. The van der Waals surface area contributed by atoms with E-state index in [1.165, 1.54) is 0 Å². The van der Waals surface area contributed by atoms with Gasteiger partial charge in [-0.2, -0.15) is 0 Å². The Balaban J connectivity index is 2.04. The van der Waals surface area contributed by atoms with Gasteiger partial charge in [-0.25, -0.2) is 0 Å². The van der Waals surface area contributed by atoms with Crippen LogP contribution in [0.2, 0.25) is 0 Å². The van der Waals surface area contributed by atoms with Gasteiger partial charge in [0.05, 0.1) is 24.8 Å². The summed E-state index contributed by atoms with van der Waals surface area (Å²) in [4.78, 5) is 14.2. The van der Waals surface area contributed by atoms with Crippen molar-refractivity contribution in [1.29, 1.82) is 0 Å². The minimum atomic E-state index is -0.153. The zero-order chi connectivity index (χ0) is 10.9. The molecule has 0 saturated carbocycles. The second-order valence-corrected chi connectivity index (χ2v) is 5.00. The third-order valence-corrected chi connectivity index (χ3v) is 3.27. The Morgan fingerprint density at radius 3 is 2.93 bits per heavy atom. The predicted molar refractivity (Wildman–Crippen MR) is 57.6 cm³/mol. The Kier molecular flexibility index (Phi) is 2.98. The van der Waals surface area contributed by atoms with Crippen molar-refractivity contribution in [2.75, 3.05) is 26.3 Å². The first kappa shape index (κ1) is 10.9. The van der Waals surface area contributed by atoms with Gasteiger partial charge in [-0.3, -0.25) is 4.79 Å². The van der Waals surface area contributed by atoms with Crippen LogP contribution in [0.3, 0.4) is 0 Å². The normalized spacial score (nSPS) is 30.5. The molecule has 4 heteroatoms. The molecule has 0 radical (unpaired) electrons. The monoisotopic (exact) mass is 212 g/mol. The molecular formula is C11H20N2O2. The maximum atomic E-state index is 12.2. The van der Waals surface area contributed by atoms with Crippen LogP contribution in [0.1, 0.15) is 26.7 Å². The van der Waals surface area contributed by atoms with Gasteiger partial charge in [-0.1, -0.05) is 0 Å². The van der Waals surface area contributed by atoms with E-state index in [0.717, 1.165) is 25.9 Å². The van der Waals surface area contributed by atoms with Crippen LogP contribution in [-0.4, -0.2) is 48.7 Å². The summed E-state index contributed by atoms with van der Waals surface area (Å²) >= 11 is 0. The molecule has 1 N–H and O–H groups in total. The lowest BCUT2D eigenvalue weighted by molar-refractivity contribution is -0.148. The Labute approximate surface area is 91.0 Å². The van der Waals surface area contributed by atoms with Crippen LogP contribution in [0.5, 0.6) is 0 Å². The lowest BCUT2D eigenvalue weighted by Crippen LogP contribution is -2.59. The van der Waals surface area contributed by atoms with E-state index in [9.17, 15) is 4.79 Å². The van der Waals surface area contributed by atoms with E-state index >= 15 is 0 Å².